The van der Waals surface area contributed by atoms with Crippen LogP contribution in [0.25, 0.3) is 0 Å². The van der Waals surface area contributed by atoms with E-state index < -0.39 is 0 Å². The molecule has 0 saturated heterocycles. The lowest BCUT2D eigenvalue weighted by Gasteiger charge is -2.01. The van der Waals surface area contributed by atoms with Gasteiger partial charge in [-0.05, 0) is 12.8 Å². The Bertz CT molecular complexity index is 457. The highest BCUT2D eigenvalue weighted by molar-refractivity contribution is 7.16. The fraction of sp³-hybridized carbons (Fsp3) is 0.455. The van der Waals surface area contributed by atoms with Crippen molar-refractivity contribution in [3.05, 3.63) is 11.1 Å². The summed E-state index contributed by atoms with van der Waals surface area (Å²) in [5.74, 6) is 5.67. The number of aliphatic hydroxyl groups excluding tert-OH is 1. The van der Waals surface area contributed by atoms with Gasteiger partial charge in [0.05, 0.1) is 17.7 Å². The maximum Gasteiger partial charge on any atom is 0.321 e. The van der Waals surface area contributed by atoms with E-state index in [4.69, 9.17) is 5.11 Å². The lowest BCUT2D eigenvalue weighted by molar-refractivity contribution is 0.251. The highest BCUT2D eigenvalue weighted by Crippen LogP contribution is 2.20. The van der Waals surface area contributed by atoms with Crippen LogP contribution in [0.3, 0.4) is 0 Å². The molecule has 6 heteroatoms. The summed E-state index contributed by atoms with van der Waals surface area (Å²) in [6.45, 7) is 0.0563. The number of nitrogens with zero attached hydrogens (tertiary/aromatic N) is 1. The summed E-state index contributed by atoms with van der Waals surface area (Å²) < 4.78 is 0. The van der Waals surface area contributed by atoms with E-state index >= 15 is 0 Å². The zero-order chi connectivity index (χ0) is 12.1. The van der Waals surface area contributed by atoms with Crippen LogP contribution in [0.15, 0.2) is 6.20 Å². The van der Waals surface area contributed by atoms with Gasteiger partial charge in [-0.25, -0.2) is 9.78 Å². The van der Waals surface area contributed by atoms with Crippen molar-refractivity contribution in [3.8, 4) is 11.8 Å². The SMILES string of the molecule is O=C(Nc1ncc(C#CCCO)s1)NC1CC1. The predicted octanol–water partition coefficient (Wildman–Crippen LogP) is 1.16. The second-order valence-corrected chi connectivity index (χ2v) is 4.71. The Labute approximate surface area is 103 Å². The summed E-state index contributed by atoms with van der Waals surface area (Å²) in [4.78, 5) is 16.2. The number of aliphatic hydroxyl groups is 1. The third-order valence-electron chi connectivity index (χ3n) is 2.09. The van der Waals surface area contributed by atoms with Crippen LogP contribution in [0.4, 0.5) is 9.93 Å². The standard InChI is InChI=1S/C11H13N3O2S/c15-6-2-1-3-9-7-12-11(17-9)14-10(16)13-8-4-5-8/h7-8,15H,2,4-6H2,(H2,12,13,14,16). The first-order valence-corrected chi connectivity index (χ1v) is 6.22. The maximum absolute atomic E-state index is 11.4. The molecule has 1 aromatic rings. The molecule has 0 unspecified atom stereocenters. The zero-order valence-electron chi connectivity index (χ0n) is 9.19. The minimum Gasteiger partial charge on any atom is -0.395 e. The zero-order valence-corrected chi connectivity index (χ0v) is 10.0. The van der Waals surface area contributed by atoms with Crippen LogP contribution < -0.4 is 10.6 Å². The summed E-state index contributed by atoms with van der Waals surface area (Å²) in [6, 6.07) is 0.121. The van der Waals surface area contributed by atoms with E-state index in [-0.39, 0.29) is 12.6 Å². The summed E-state index contributed by atoms with van der Waals surface area (Å²) in [5.41, 5.74) is 0. The Morgan fingerprint density at radius 2 is 2.47 bits per heavy atom. The Morgan fingerprint density at radius 1 is 1.65 bits per heavy atom. The van der Waals surface area contributed by atoms with Crippen LogP contribution in [-0.2, 0) is 0 Å². The Hall–Kier alpha value is -1.58. The van der Waals surface area contributed by atoms with Crippen LogP contribution in [0, 0.1) is 11.8 Å². The quantitative estimate of drug-likeness (QED) is 0.706. The number of anilines is 1. The summed E-state index contributed by atoms with van der Waals surface area (Å²) in [6.07, 6.45) is 4.18. The molecule has 0 atom stereocenters. The molecule has 5 nitrogen and oxygen atoms in total. The van der Waals surface area contributed by atoms with Gasteiger partial charge in [-0.3, -0.25) is 5.32 Å². The lowest BCUT2D eigenvalue weighted by Crippen LogP contribution is -2.30. The van der Waals surface area contributed by atoms with E-state index in [9.17, 15) is 4.79 Å². The van der Waals surface area contributed by atoms with Gasteiger partial charge in [0.1, 0.15) is 0 Å². The average Bonchev–Trinajstić information content (AvgIpc) is 2.99. The van der Waals surface area contributed by atoms with Gasteiger partial charge >= 0.3 is 6.03 Å². The monoisotopic (exact) mass is 251 g/mol. The number of rotatable bonds is 3. The molecule has 0 aliphatic heterocycles. The molecule has 1 aromatic heterocycles. The highest BCUT2D eigenvalue weighted by atomic mass is 32.1. The lowest BCUT2D eigenvalue weighted by atomic mass is 10.4. The van der Waals surface area contributed by atoms with Crippen molar-refractivity contribution in [2.75, 3.05) is 11.9 Å². The third kappa shape index (κ3) is 4.06. The number of hydrogen-bond donors (Lipinski definition) is 3. The van der Waals surface area contributed by atoms with Gasteiger partial charge in [0.2, 0.25) is 0 Å². The number of nitrogens with one attached hydrogen (secondary N) is 2. The molecule has 17 heavy (non-hydrogen) atoms. The van der Waals surface area contributed by atoms with Crippen molar-refractivity contribution < 1.29 is 9.90 Å². The normalized spacial score (nSPS) is 13.7. The number of carbonyl (C=O) groups excluding carboxylic acids is 1. The van der Waals surface area contributed by atoms with Crippen LogP contribution in [0.2, 0.25) is 0 Å². The van der Waals surface area contributed by atoms with E-state index in [1.165, 1.54) is 11.3 Å². The fourth-order valence-electron chi connectivity index (χ4n) is 1.14. The smallest absolute Gasteiger partial charge is 0.321 e. The summed E-state index contributed by atoms with van der Waals surface area (Å²) in [5, 5.41) is 14.6. The molecule has 0 spiro atoms. The minimum atomic E-state index is -0.211. The molecular formula is C11H13N3O2S. The summed E-state index contributed by atoms with van der Waals surface area (Å²) >= 11 is 1.32. The van der Waals surface area contributed by atoms with Gasteiger partial charge < -0.3 is 10.4 Å². The molecule has 3 N–H and O–H groups in total. The van der Waals surface area contributed by atoms with E-state index in [1.807, 2.05) is 0 Å². The second kappa shape index (κ2) is 5.66. The number of thiazole rings is 1. The minimum absolute atomic E-state index is 0.0563. The maximum atomic E-state index is 11.4. The van der Waals surface area contributed by atoms with Gasteiger partial charge in [0.25, 0.3) is 0 Å². The van der Waals surface area contributed by atoms with Crippen LogP contribution >= 0.6 is 11.3 Å². The second-order valence-electron chi connectivity index (χ2n) is 3.68. The highest BCUT2D eigenvalue weighted by Gasteiger charge is 2.23. The van der Waals surface area contributed by atoms with Gasteiger partial charge in [-0.1, -0.05) is 23.2 Å². The number of carbonyl (C=O) groups is 1. The number of amides is 2. The fourth-order valence-corrected chi connectivity index (χ4v) is 1.83. The van der Waals surface area contributed by atoms with Gasteiger partial charge in [-0.15, -0.1) is 0 Å². The van der Waals surface area contributed by atoms with E-state index in [2.05, 4.69) is 27.5 Å². The first kappa shape index (κ1) is 11.9. The van der Waals surface area contributed by atoms with Crippen LogP contribution in [0.5, 0.6) is 0 Å². The predicted molar refractivity (Wildman–Crippen MR) is 65.9 cm³/mol. The molecule has 90 valence electrons. The summed E-state index contributed by atoms with van der Waals surface area (Å²) in [7, 11) is 0. The van der Waals surface area contributed by atoms with E-state index in [0.29, 0.717) is 17.6 Å². The molecule has 1 heterocycles. The van der Waals surface area contributed by atoms with Crippen molar-refractivity contribution in [2.45, 2.75) is 25.3 Å². The molecular weight excluding hydrogens is 238 g/mol. The van der Waals surface area contributed by atoms with Gasteiger partial charge in [-0.2, -0.15) is 0 Å². The van der Waals surface area contributed by atoms with Crippen molar-refractivity contribution >= 4 is 22.5 Å². The Kier molecular flexibility index (Phi) is 3.96. The first-order valence-electron chi connectivity index (χ1n) is 5.41. The average molecular weight is 251 g/mol. The van der Waals surface area contributed by atoms with Crippen molar-refractivity contribution in [3.63, 3.8) is 0 Å². The Balaban J connectivity index is 1.85. The van der Waals surface area contributed by atoms with Crippen molar-refractivity contribution in [1.82, 2.24) is 10.3 Å². The molecule has 1 saturated carbocycles. The molecule has 0 radical (unpaired) electrons. The van der Waals surface area contributed by atoms with Crippen LogP contribution in [0.1, 0.15) is 24.1 Å². The molecule has 1 aliphatic carbocycles. The van der Waals surface area contributed by atoms with Gasteiger partial charge in [0, 0.05) is 12.5 Å². The molecule has 2 amide bonds. The van der Waals surface area contributed by atoms with E-state index in [0.717, 1.165) is 17.7 Å². The number of hydrogen-bond acceptors (Lipinski definition) is 4. The molecule has 1 aliphatic rings. The van der Waals surface area contributed by atoms with E-state index in [1.54, 1.807) is 6.20 Å². The number of urea groups is 1. The van der Waals surface area contributed by atoms with Crippen molar-refractivity contribution in [2.24, 2.45) is 0 Å². The topological polar surface area (TPSA) is 74.2 Å². The molecule has 0 aromatic carbocycles. The van der Waals surface area contributed by atoms with Gasteiger partial charge in [0.15, 0.2) is 5.13 Å². The molecule has 2 rings (SSSR count). The number of aromatic nitrogens is 1. The largest absolute Gasteiger partial charge is 0.395 e. The first-order chi connectivity index (χ1) is 8.28. The van der Waals surface area contributed by atoms with Crippen molar-refractivity contribution in [1.29, 1.82) is 0 Å². The van der Waals surface area contributed by atoms with Crippen LogP contribution in [-0.4, -0.2) is 28.8 Å². The third-order valence-corrected chi connectivity index (χ3v) is 2.92. The molecule has 0 bridgehead atoms. The Morgan fingerprint density at radius 3 is 3.18 bits per heavy atom. The molecule has 1 fully saturated rings.